The third-order valence-corrected chi connectivity index (χ3v) is 6.56. The van der Waals surface area contributed by atoms with Crippen LogP contribution in [-0.4, -0.2) is 24.3 Å². The molecule has 1 aromatic heterocycles. The van der Waals surface area contributed by atoms with E-state index in [1.807, 2.05) is 0 Å². The monoisotopic (exact) mass is 324 g/mol. The molecule has 16 heavy (non-hydrogen) atoms. The highest BCUT2D eigenvalue weighted by Crippen LogP contribution is 2.27. The summed E-state index contributed by atoms with van der Waals surface area (Å²) >= 11 is 4.70. The van der Waals surface area contributed by atoms with Crippen molar-refractivity contribution >= 4 is 37.3 Å². The first kappa shape index (κ1) is 12.5. The average Bonchev–Trinajstić information content (AvgIpc) is 2.77. The van der Waals surface area contributed by atoms with E-state index in [2.05, 4.69) is 25.6 Å². The van der Waals surface area contributed by atoms with Gasteiger partial charge in [0.15, 0.2) is 4.21 Å². The topological polar surface area (TPSA) is 59.1 Å². The summed E-state index contributed by atoms with van der Waals surface area (Å²) in [7, 11) is -3.38. The lowest BCUT2D eigenvalue weighted by molar-refractivity contribution is 0.558. The van der Waals surface area contributed by atoms with Gasteiger partial charge < -0.3 is 0 Å². The first-order chi connectivity index (χ1) is 7.49. The molecular formula is C9H13BrN2O2S2. The number of halogens is 1. The van der Waals surface area contributed by atoms with Gasteiger partial charge in [0.05, 0.1) is 11.2 Å². The second kappa shape index (κ2) is 4.72. The number of aromatic nitrogens is 1. The van der Waals surface area contributed by atoms with E-state index in [-0.39, 0.29) is 10.9 Å². The maximum atomic E-state index is 12.0. The fourth-order valence-electron chi connectivity index (χ4n) is 1.77. The van der Waals surface area contributed by atoms with Crippen LogP contribution in [-0.2, 0) is 10.0 Å². The molecule has 0 radical (unpaired) electrons. The van der Waals surface area contributed by atoms with Gasteiger partial charge in [0, 0.05) is 10.9 Å². The van der Waals surface area contributed by atoms with Gasteiger partial charge in [0.1, 0.15) is 0 Å². The van der Waals surface area contributed by atoms with Gasteiger partial charge in [-0.1, -0.05) is 22.4 Å². The molecule has 90 valence electrons. The highest BCUT2D eigenvalue weighted by Gasteiger charge is 2.30. The van der Waals surface area contributed by atoms with E-state index in [9.17, 15) is 8.42 Å². The Morgan fingerprint density at radius 1 is 1.56 bits per heavy atom. The Hall–Kier alpha value is 0.0200. The Kier molecular flexibility index (Phi) is 3.68. The lowest BCUT2D eigenvalue weighted by Crippen LogP contribution is -2.37. The number of rotatable bonds is 3. The van der Waals surface area contributed by atoms with Gasteiger partial charge in [0.2, 0.25) is 0 Å². The third-order valence-electron chi connectivity index (χ3n) is 2.60. The third kappa shape index (κ3) is 2.64. The van der Waals surface area contributed by atoms with Crippen molar-refractivity contribution in [2.75, 3.05) is 0 Å². The fourth-order valence-corrected chi connectivity index (χ4v) is 5.10. The van der Waals surface area contributed by atoms with Gasteiger partial charge in [-0.15, -0.1) is 11.3 Å². The van der Waals surface area contributed by atoms with Crippen LogP contribution < -0.4 is 4.72 Å². The van der Waals surface area contributed by atoms with Crippen molar-refractivity contribution < 1.29 is 8.42 Å². The van der Waals surface area contributed by atoms with Crippen LogP contribution >= 0.6 is 27.3 Å². The predicted molar refractivity (Wildman–Crippen MR) is 67.5 cm³/mol. The van der Waals surface area contributed by atoms with Crippen molar-refractivity contribution in [2.45, 2.75) is 41.3 Å². The molecule has 7 heteroatoms. The van der Waals surface area contributed by atoms with Crippen molar-refractivity contribution in [3.05, 3.63) is 11.2 Å². The minimum atomic E-state index is -3.38. The summed E-state index contributed by atoms with van der Waals surface area (Å²) < 4.78 is 27.0. The second-order valence-electron chi connectivity index (χ2n) is 3.87. The molecule has 2 unspecified atom stereocenters. The van der Waals surface area contributed by atoms with Crippen LogP contribution in [0, 0.1) is 6.92 Å². The molecule has 2 atom stereocenters. The summed E-state index contributed by atoms with van der Waals surface area (Å²) in [6.07, 6.45) is 4.40. The zero-order chi connectivity index (χ0) is 11.8. The molecule has 0 saturated heterocycles. The summed E-state index contributed by atoms with van der Waals surface area (Å²) in [5.74, 6) is 0. The number of nitrogens with one attached hydrogen (secondary N) is 1. The molecular weight excluding hydrogens is 312 g/mol. The summed E-state index contributed by atoms with van der Waals surface area (Å²) in [4.78, 5) is 4.21. The van der Waals surface area contributed by atoms with Crippen LogP contribution in [0.25, 0.3) is 0 Å². The molecule has 2 rings (SSSR count). The van der Waals surface area contributed by atoms with Gasteiger partial charge in [-0.25, -0.2) is 18.1 Å². The van der Waals surface area contributed by atoms with Crippen LogP contribution in [0.5, 0.6) is 0 Å². The maximum Gasteiger partial charge on any atom is 0.251 e. The molecule has 0 spiro atoms. The largest absolute Gasteiger partial charge is 0.251 e. The molecule has 1 saturated carbocycles. The summed E-state index contributed by atoms with van der Waals surface area (Å²) in [5.41, 5.74) is 0. The Bertz CT molecular complexity index is 472. The van der Waals surface area contributed by atoms with E-state index < -0.39 is 10.0 Å². The standard InChI is InChI=1S/C9H13BrN2O2S2/c1-6-11-5-9(15-6)16(13,14)12-8-4-2-3-7(8)10/h5,7-8,12H,2-4H2,1H3. The van der Waals surface area contributed by atoms with Crippen molar-refractivity contribution in [1.82, 2.24) is 9.71 Å². The lowest BCUT2D eigenvalue weighted by Gasteiger charge is -2.14. The normalized spacial score (nSPS) is 26.1. The molecule has 0 aliphatic heterocycles. The minimum absolute atomic E-state index is 0.00686. The summed E-state index contributed by atoms with van der Waals surface area (Å²) in [5, 5.41) is 0.766. The number of nitrogens with zero attached hydrogens (tertiary/aromatic N) is 1. The van der Waals surface area contributed by atoms with Gasteiger partial charge in [-0.3, -0.25) is 0 Å². The molecule has 1 N–H and O–H groups in total. The molecule has 0 aromatic carbocycles. The van der Waals surface area contributed by atoms with Gasteiger partial charge >= 0.3 is 0 Å². The zero-order valence-corrected chi connectivity index (χ0v) is 12.0. The van der Waals surface area contributed by atoms with Gasteiger partial charge in [-0.05, 0) is 19.8 Å². The van der Waals surface area contributed by atoms with Crippen molar-refractivity contribution in [2.24, 2.45) is 0 Å². The second-order valence-corrected chi connectivity index (χ2v) is 8.22. The number of hydrogen-bond donors (Lipinski definition) is 1. The van der Waals surface area contributed by atoms with E-state index in [0.717, 1.165) is 24.3 Å². The summed E-state index contributed by atoms with van der Waals surface area (Å²) in [6, 6.07) is 0.00686. The molecule has 1 heterocycles. The zero-order valence-electron chi connectivity index (χ0n) is 8.81. The molecule has 4 nitrogen and oxygen atoms in total. The molecule has 1 fully saturated rings. The van der Waals surface area contributed by atoms with Crippen LogP contribution in [0.3, 0.4) is 0 Å². The molecule has 0 bridgehead atoms. The van der Waals surface area contributed by atoms with E-state index >= 15 is 0 Å². The van der Waals surface area contributed by atoms with E-state index in [0.29, 0.717) is 4.21 Å². The Labute approximate surface area is 108 Å². The lowest BCUT2D eigenvalue weighted by atomic mass is 10.3. The SMILES string of the molecule is Cc1ncc(S(=O)(=O)NC2CCCC2Br)s1. The highest BCUT2D eigenvalue weighted by molar-refractivity contribution is 9.09. The quantitative estimate of drug-likeness (QED) is 0.865. The average molecular weight is 325 g/mol. The first-order valence-corrected chi connectivity index (χ1v) is 8.29. The maximum absolute atomic E-state index is 12.0. The first-order valence-electron chi connectivity index (χ1n) is 5.08. The smallest absolute Gasteiger partial charge is 0.249 e. The fraction of sp³-hybridized carbons (Fsp3) is 0.667. The van der Waals surface area contributed by atoms with Gasteiger partial charge in [0.25, 0.3) is 10.0 Å². The Balaban J connectivity index is 2.14. The Morgan fingerprint density at radius 2 is 2.31 bits per heavy atom. The molecule has 1 aliphatic rings. The summed E-state index contributed by atoms with van der Waals surface area (Å²) in [6.45, 7) is 1.80. The van der Waals surface area contributed by atoms with Crippen LogP contribution in [0.15, 0.2) is 10.4 Å². The molecule has 1 aliphatic carbocycles. The van der Waals surface area contributed by atoms with Gasteiger partial charge in [-0.2, -0.15) is 0 Å². The van der Waals surface area contributed by atoms with Crippen LogP contribution in [0.4, 0.5) is 0 Å². The molecule has 0 amide bonds. The number of hydrogen-bond acceptors (Lipinski definition) is 4. The number of sulfonamides is 1. The van der Waals surface area contributed by atoms with E-state index in [1.54, 1.807) is 6.92 Å². The number of thiazole rings is 1. The number of alkyl halides is 1. The highest BCUT2D eigenvalue weighted by atomic mass is 79.9. The van der Waals surface area contributed by atoms with Crippen molar-refractivity contribution in [3.63, 3.8) is 0 Å². The number of aryl methyl sites for hydroxylation is 1. The van der Waals surface area contributed by atoms with Crippen molar-refractivity contribution in [1.29, 1.82) is 0 Å². The van der Waals surface area contributed by atoms with Crippen molar-refractivity contribution in [3.8, 4) is 0 Å². The predicted octanol–water partition coefficient (Wildman–Crippen LogP) is 2.05. The van der Waals surface area contributed by atoms with E-state index in [1.165, 1.54) is 17.5 Å². The Morgan fingerprint density at radius 3 is 2.81 bits per heavy atom. The van der Waals surface area contributed by atoms with Crippen LogP contribution in [0.1, 0.15) is 24.3 Å². The van der Waals surface area contributed by atoms with Crippen LogP contribution in [0.2, 0.25) is 0 Å². The van der Waals surface area contributed by atoms with E-state index in [4.69, 9.17) is 0 Å². The molecule has 1 aromatic rings. The minimum Gasteiger partial charge on any atom is -0.249 e.